The van der Waals surface area contributed by atoms with Crippen LogP contribution in [0.5, 0.6) is 0 Å². The summed E-state index contributed by atoms with van der Waals surface area (Å²) in [4.78, 5) is 11.0. The van der Waals surface area contributed by atoms with E-state index in [1.54, 1.807) is 0 Å². The molecule has 0 aliphatic heterocycles. The fourth-order valence-corrected chi connectivity index (χ4v) is 2.77. The zero-order valence-electron chi connectivity index (χ0n) is 8.20. The lowest BCUT2D eigenvalue weighted by molar-refractivity contribution is -0.145. The molecular formula is C8H12F2O4S. The average molecular weight is 242 g/mol. The van der Waals surface area contributed by atoms with Crippen LogP contribution in [0.1, 0.15) is 19.3 Å². The first-order valence-corrected chi connectivity index (χ1v) is 6.00. The summed E-state index contributed by atoms with van der Waals surface area (Å²) in [5.41, 5.74) is -2.13. The minimum Gasteiger partial charge on any atom is -0.469 e. The van der Waals surface area contributed by atoms with Gasteiger partial charge in [0.1, 0.15) is 11.4 Å². The number of hydrogen-bond acceptors (Lipinski definition) is 4. The Kier molecular flexibility index (Phi) is 3.32. The number of alkyl halides is 1. The molecule has 1 aliphatic rings. The summed E-state index contributed by atoms with van der Waals surface area (Å²) in [5, 5.41) is 0. The van der Waals surface area contributed by atoms with Gasteiger partial charge in [-0.2, -0.15) is 8.42 Å². The highest BCUT2D eigenvalue weighted by Gasteiger charge is 2.45. The van der Waals surface area contributed by atoms with Crippen LogP contribution in [0.4, 0.5) is 8.28 Å². The number of ether oxygens (including phenoxy) is 1. The second-order valence-corrected chi connectivity index (χ2v) is 5.16. The first-order valence-electron chi connectivity index (χ1n) is 4.45. The molecule has 0 N–H and O–H groups in total. The van der Waals surface area contributed by atoms with Crippen molar-refractivity contribution in [2.24, 2.45) is 5.92 Å². The number of halogens is 2. The van der Waals surface area contributed by atoms with Crippen molar-refractivity contribution >= 4 is 16.2 Å². The lowest BCUT2D eigenvalue weighted by Gasteiger charge is -2.16. The maximum atomic E-state index is 13.7. The number of hydrogen-bond donors (Lipinski definition) is 0. The van der Waals surface area contributed by atoms with Gasteiger partial charge in [-0.1, -0.05) is 0 Å². The van der Waals surface area contributed by atoms with Gasteiger partial charge in [-0.25, -0.2) is 4.39 Å². The first kappa shape index (κ1) is 12.4. The molecule has 7 heteroatoms. The van der Waals surface area contributed by atoms with E-state index in [1.807, 2.05) is 0 Å². The molecule has 0 saturated heterocycles. The molecule has 88 valence electrons. The van der Waals surface area contributed by atoms with Gasteiger partial charge in [0, 0.05) is 0 Å². The highest BCUT2D eigenvalue weighted by Crippen LogP contribution is 2.39. The van der Waals surface area contributed by atoms with Crippen LogP contribution in [0.25, 0.3) is 0 Å². The van der Waals surface area contributed by atoms with Crippen molar-refractivity contribution in [2.45, 2.75) is 24.9 Å². The van der Waals surface area contributed by atoms with Gasteiger partial charge in [0.05, 0.1) is 13.0 Å². The van der Waals surface area contributed by atoms with Crippen molar-refractivity contribution in [3.8, 4) is 0 Å². The molecule has 1 rings (SSSR count). The SMILES string of the molecule is COC(=O)[C@@H]1CC[C@](F)(CS(=O)(=O)F)C1. The van der Waals surface area contributed by atoms with E-state index in [0.29, 0.717) is 0 Å². The molecule has 0 aromatic carbocycles. The van der Waals surface area contributed by atoms with E-state index in [2.05, 4.69) is 4.74 Å². The Morgan fingerprint density at radius 1 is 1.60 bits per heavy atom. The molecule has 2 atom stereocenters. The van der Waals surface area contributed by atoms with Crippen molar-refractivity contribution in [3.05, 3.63) is 0 Å². The molecule has 0 amide bonds. The Hall–Kier alpha value is -0.720. The second-order valence-electron chi connectivity index (χ2n) is 3.80. The summed E-state index contributed by atoms with van der Waals surface area (Å²) in [6.45, 7) is 0. The number of methoxy groups -OCH3 is 1. The summed E-state index contributed by atoms with van der Waals surface area (Å²) in [6, 6.07) is 0. The predicted octanol–water partition coefficient (Wildman–Crippen LogP) is 0.967. The Morgan fingerprint density at radius 2 is 2.20 bits per heavy atom. The van der Waals surface area contributed by atoms with Gasteiger partial charge in [-0.3, -0.25) is 4.79 Å². The fourth-order valence-electron chi connectivity index (χ4n) is 1.89. The van der Waals surface area contributed by atoms with Crippen molar-refractivity contribution in [1.29, 1.82) is 0 Å². The number of rotatable bonds is 3. The molecule has 0 radical (unpaired) electrons. The predicted molar refractivity (Wildman–Crippen MR) is 48.1 cm³/mol. The van der Waals surface area contributed by atoms with E-state index in [-0.39, 0.29) is 19.3 Å². The van der Waals surface area contributed by atoms with Crippen LogP contribution in [0.3, 0.4) is 0 Å². The van der Waals surface area contributed by atoms with Crippen molar-refractivity contribution < 1.29 is 26.2 Å². The highest BCUT2D eigenvalue weighted by molar-refractivity contribution is 7.86. The van der Waals surface area contributed by atoms with Gasteiger partial charge in [0.2, 0.25) is 0 Å². The third-order valence-corrected chi connectivity index (χ3v) is 3.38. The molecule has 1 saturated carbocycles. The fraction of sp³-hybridized carbons (Fsp3) is 0.875. The smallest absolute Gasteiger partial charge is 0.308 e. The van der Waals surface area contributed by atoms with E-state index in [0.717, 1.165) is 0 Å². The van der Waals surface area contributed by atoms with E-state index >= 15 is 0 Å². The number of carbonyl (C=O) groups excluding carboxylic acids is 1. The van der Waals surface area contributed by atoms with E-state index in [4.69, 9.17) is 0 Å². The van der Waals surface area contributed by atoms with Gasteiger partial charge in [-0.05, 0) is 19.3 Å². The Bertz CT molecular complexity index is 354. The Labute approximate surface area is 86.8 Å². The summed E-state index contributed by atoms with van der Waals surface area (Å²) in [5.74, 6) is -2.42. The maximum absolute atomic E-state index is 13.7. The zero-order valence-corrected chi connectivity index (χ0v) is 9.02. The summed E-state index contributed by atoms with van der Waals surface area (Å²) >= 11 is 0. The molecule has 0 heterocycles. The Morgan fingerprint density at radius 3 is 2.67 bits per heavy atom. The molecule has 0 aromatic rings. The monoisotopic (exact) mass is 242 g/mol. The van der Waals surface area contributed by atoms with Crippen LogP contribution in [0.2, 0.25) is 0 Å². The van der Waals surface area contributed by atoms with Crippen LogP contribution in [-0.2, 0) is 19.8 Å². The summed E-state index contributed by atoms with van der Waals surface area (Å²) < 4.78 is 51.1. The molecule has 1 aliphatic carbocycles. The Balaban J connectivity index is 2.65. The van der Waals surface area contributed by atoms with Gasteiger partial charge in [0.25, 0.3) is 0 Å². The molecular weight excluding hydrogens is 230 g/mol. The molecule has 0 bridgehead atoms. The van der Waals surface area contributed by atoms with Crippen molar-refractivity contribution in [1.82, 2.24) is 0 Å². The van der Waals surface area contributed by atoms with Crippen molar-refractivity contribution in [2.75, 3.05) is 12.9 Å². The largest absolute Gasteiger partial charge is 0.469 e. The maximum Gasteiger partial charge on any atom is 0.308 e. The van der Waals surface area contributed by atoms with Crippen LogP contribution < -0.4 is 0 Å². The van der Waals surface area contributed by atoms with Crippen molar-refractivity contribution in [3.63, 3.8) is 0 Å². The highest BCUT2D eigenvalue weighted by atomic mass is 32.3. The standard InChI is InChI=1S/C8H12F2O4S/c1-14-7(11)6-2-3-8(9,4-6)5-15(10,12)13/h6H,2-5H2,1H3/t6-,8-/m1/s1. The third-order valence-electron chi connectivity index (χ3n) is 2.52. The topological polar surface area (TPSA) is 60.4 Å². The average Bonchev–Trinajstić information content (AvgIpc) is 2.43. The van der Waals surface area contributed by atoms with E-state index < -0.39 is 33.5 Å². The summed E-state index contributed by atoms with van der Waals surface area (Å²) in [7, 11) is -3.68. The lowest BCUT2D eigenvalue weighted by atomic mass is 10.0. The normalized spacial score (nSPS) is 31.5. The minimum absolute atomic E-state index is 0.129. The van der Waals surface area contributed by atoms with E-state index in [9.17, 15) is 21.5 Å². The minimum atomic E-state index is -4.85. The number of esters is 1. The molecule has 0 aromatic heterocycles. The quantitative estimate of drug-likeness (QED) is 0.546. The summed E-state index contributed by atoms with van der Waals surface area (Å²) in [6.07, 6.45) is -0.225. The van der Waals surface area contributed by atoms with Crippen LogP contribution >= 0.6 is 0 Å². The van der Waals surface area contributed by atoms with Crippen LogP contribution in [-0.4, -0.2) is 32.9 Å². The molecule has 4 nitrogen and oxygen atoms in total. The molecule has 0 spiro atoms. The third kappa shape index (κ3) is 3.40. The van der Waals surface area contributed by atoms with Gasteiger partial charge in [0.15, 0.2) is 0 Å². The van der Waals surface area contributed by atoms with Gasteiger partial charge < -0.3 is 4.74 Å². The van der Waals surface area contributed by atoms with Crippen LogP contribution in [0, 0.1) is 5.92 Å². The van der Waals surface area contributed by atoms with Gasteiger partial charge in [-0.15, -0.1) is 3.89 Å². The number of carbonyl (C=O) groups is 1. The first-order chi connectivity index (χ1) is 6.76. The molecule has 1 fully saturated rings. The molecule has 0 unspecified atom stereocenters. The molecule has 15 heavy (non-hydrogen) atoms. The van der Waals surface area contributed by atoms with Crippen LogP contribution in [0.15, 0.2) is 0 Å². The second kappa shape index (κ2) is 4.03. The van der Waals surface area contributed by atoms with Gasteiger partial charge >= 0.3 is 16.2 Å². The lowest BCUT2D eigenvalue weighted by Crippen LogP contribution is -2.29. The van der Waals surface area contributed by atoms with E-state index in [1.165, 1.54) is 7.11 Å². The zero-order chi connectivity index (χ0) is 11.7.